The van der Waals surface area contributed by atoms with Crippen LogP contribution >= 0.6 is 0 Å². The van der Waals surface area contributed by atoms with E-state index in [4.69, 9.17) is 0 Å². The molecule has 2 N–H and O–H groups in total. The van der Waals surface area contributed by atoms with Gasteiger partial charge >= 0.3 is 0 Å². The van der Waals surface area contributed by atoms with Gasteiger partial charge in [0.15, 0.2) is 0 Å². The molecular weight excluding hydrogens is 231 g/mol. The Kier molecular flexibility index (Phi) is 4.96. The van der Waals surface area contributed by atoms with Crippen LogP contribution in [0, 0.1) is 5.82 Å². The quantitative estimate of drug-likeness (QED) is 0.788. The molecule has 18 heavy (non-hydrogen) atoms. The lowest BCUT2D eigenvalue weighted by Crippen LogP contribution is -2.35. The van der Waals surface area contributed by atoms with E-state index in [1.165, 1.54) is 38.4 Å². The molecule has 0 spiro atoms. The average Bonchev–Trinajstić information content (AvgIpc) is 2.35. The van der Waals surface area contributed by atoms with Gasteiger partial charge in [-0.1, -0.05) is 6.42 Å². The van der Waals surface area contributed by atoms with Gasteiger partial charge in [-0.05, 0) is 43.6 Å². The third-order valence-electron chi connectivity index (χ3n) is 3.32. The van der Waals surface area contributed by atoms with Crippen LogP contribution in [0.4, 0.5) is 4.39 Å². The van der Waals surface area contributed by atoms with Crippen molar-refractivity contribution in [3.05, 3.63) is 29.6 Å². The summed E-state index contributed by atoms with van der Waals surface area (Å²) in [6, 6.07) is 4.17. The molecule has 1 aliphatic heterocycles. The maximum atomic E-state index is 13.0. The SMILES string of the molecule is Oc1cc(F)cc(CNCCN2CCCCC2)c1. The number of halogens is 1. The van der Waals surface area contributed by atoms with Crippen molar-refractivity contribution in [3.63, 3.8) is 0 Å². The Morgan fingerprint density at radius 2 is 1.94 bits per heavy atom. The summed E-state index contributed by atoms with van der Waals surface area (Å²) >= 11 is 0. The largest absolute Gasteiger partial charge is 0.508 e. The lowest BCUT2D eigenvalue weighted by molar-refractivity contribution is 0.229. The van der Waals surface area contributed by atoms with Crippen molar-refractivity contribution in [3.8, 4) is 5.75 Å². The van der Waals surface area contributed by atoms with Gasteiger partial charge in [-0.3, -0.25) is 0 Å². The second-order valence-corrected chi connectivity index (χ2v) is 4.90. The lowest BCUT2D eigenvalue weighted by atomic mass is 10.1. The van der Waals surface area contributed by atoms with Crippen LogP contribution in [0.2, 0.25) is 0 Å². The molecule has 1 aromatic rings. The summed E-state index contributed by atoms with van der Waals surface area (Å²) in [6.07, 6.45) is 3.96. The third kappa shape index (κ3) is 4.27. The van der Waals surface area contributed by atoms with Crippen molar-refractivity contribution in [2.24, 2.45) is 0 Å². The van der Waals surface area contributed by atoms with E-state index in [1.807, 2.05) is 0 Å². The molecule has 0 atom stereocenters. The summed E-state index contributed by atoms with van der Waals surface area (Å²) in [6.45, 7) is 4.93. The molecule has 0 radical (unpaired) electrons. The van der Waals surface area contributed by atoms with Crippen LogP contribution in [0.15, 0.2) is 18.2 Å². The highest BCUT2D eigenvalue weighted by Crippen LogP contribution is 2.14. The molecule has 1 saturated heterocycles. The molecule has 0 aromatic heterocycles. The zero-order chi connectivity index (χ0) is 12.8. The first-order valence-corrected chi connectivity index (χ1v) is 6.65. The number of phenols is 1. The van der Waals surface area contributed by atoms with Gasteiger partial charge in [0.25, 0.3) is 0 Å². The number of hydrogen-bond acceptors (Lipinski definition) is 3. The molecule has 0 unspecified atom stereocenters. The zero-order valence-corrected chi connectivity index (χ0v) is 10.7. The van der Waals surface area contributed by atoms with Crippen LogP contribution in [0.5, 0.6) is 5.75 Å². The molecule has 1 heterocycles. The minimum absolute atomic E-state index is 0.0113. The first-order valence-electron chi connectivity index (χ1n) is 6.65. The second-order valence-electron chi connectivity index (χ2n) is 4.90. The number of aromatic hydroxyl groups is 1. The van der Waals surface area contributed by atoms with Gasteiger partial charge in [0.2, 0.25) is 0 Å². The molecule has 2 rings (SSSR count). The van der Waals surface area contributed by atoms with Gasteiger partial charge in [-0.15, -0.1) is 0 Å². The van der Waals surface area contributed by atoms with Gasteiger partial charge in [-0.2, -0.15) is 0 Å². The number of nitrogens with zero attached hydrogens (tertiary/aromatic N) is 1. The lowest BCUT2D eigenvalue weighted by Gasteiger charge is -2.26. The van der Waals surface area contributed by atoms with Gasteiger partial charge in [0.05, 0.1) is 0 Å². The van der Waals surface area contributed by atoms with Crippen molar-refractivity contribution in [2.45, 2.75) is 25.8 Å². The van der Waals surface area contributed by atoms with Crippen molar-refractivity contribution in [2.75, 3.05) is 26.2 Å². The maximum Gasteiger partial charge on any atom is 0.127 e. The highest BCUT2D eigenvalue weighted by molar-refractivity contribution is 5.28. The molecule has 1 aromatic carbocycles. The summed E-state index contributed by atoms with van der Waals surface area (Å²) in [5, 5.41) is 12.6. The second kappa shape index (κ2) is 6.71. The van der Waals surface area contributed by atoms with E-state index in [2.05, 4.69) is 10.2 Å². The van der Waals surface area contributed by atoms with Crippen LogP contribution in [0.1, 0.15) is 24.8 Å². The van der Waals surface area contributed by atoms with E-state index >= 15 is 0 Å². The monoisotopic (exact) mass is 252 g/mol. The van der Waals surface area contributed by atoms with E-state index in [-0.39, 0.29) is 11.6 Å². The van der Waals surface area contributed by atoms with Crippen molar-refractivity contribution < 1.29 is 9.50 Å². The number of nitrogens with one attached hydrogen (secondary N) is 1. The molecule has 3 nitrogen and oxygen atoms in total. The first kappa shape index (κ1) is 13.3. The van der Waals surface area contributed by atoms with Crippen LogP contribution in [0.3, 0.4) is 0 Å². The van der Waals surface area contributed by atoms with Gasteiger partial charge < -0.3 is 15.3 Å². The first-order chi connectivity index (χ1) is 8.74. The van der Waals surface area contributed by atoms with E-state index in [1.54, 1.807) is 6.07 Å². The van der Waals surface area contributed by atoms with Gasteiger partial charge in [-0.25, -0.2) is 4.39 Å². The summed E-state index contributed by atoms with van der Waals surface area (Å²) < 4.78 is 13.0. The predicted molar refractivity (Wildman–Crippen MR) is 70.1 cm³/mol. The Hall–Kier alpha value is -1.13. The Balaban J connectivity index is 1.68. The average molecular weight is 252 g/mol. The van der Waals surface area contributed by atoms with E-state index in [9.17, 15) is 9.50 Å². The van der Waals surface area contributed by atoms with Crippen LogP contribution in [-0.4, -0.2) is 36.2 Å². The Bertz CT molecular complexity index is 358. The number of hydrogen-bond donors (Lipinski definition) is 2. The van der Waals surface area contributed by atoms with E-state index < -0.39 is 0 Å². The van der Waals surface area contributed by atoms with Crippen LogP contribution < -0.4 is 5.32 Å². The zero-order valence-electron chi connectivity index (χ0n) is 10.7. The fourth-order valence-corrected chi connectivity index (χ4v) is 2.39. The molecule has 1 aliphatic rings. The fraction of sp³-hybridized carbons (Fsp3) is 0.571. The van der Waals surface area contributed by atoms with E-state index in [0.717, 1.165) is 24.7 Å². The number of benzene rings is 1. The predicted octanol–water partition coefficient (Wildman–Crippen LogP) is 2.11. The minimum Gasteiger partial charge on any atom is -0.508 e. The number of phenolic OH excluding ortho intramolecular Hbond substituents is 1. The standard InChI is InChI=1S/C14H21FN2O/c15-13-8-12(9-14(18)10-13)11-16-4-7-17-5-2-1-3-6-17/h8-10,16,18H,1-7,11H2. The van der Waals surface area contributed by atoms with Crippen LogP contribution in [-0.2, 0) is 6.54 Å². The molecule has 100 valence electrons. The molecule has 0 saturated carbocycles. The van der Waals surface area contributed by atoms with Crippen LogP contribution in [0.25, 0.3) is 0 Å². The molecular formula is C14H21FN2O. The topological polar surface area (TPSA) is 35.5 Å². The summed E-state index contributed by atoms with van der Waals surface area (Å²) in [7, 11) is 0. The highest BCUT2D eigenvalue weighted by atomic mass is 19.1. The van der Waals surface area contributed by atoms with Gasteiger partial charge in [0.1, 0.15) is 11.6 Å². The molecule has 4 heteroatoms. The highest BCUT2D eigenvalue weighted by Gasteiger charge is 2.08. The van der Waals surface area contributed by atoms with Crippen molar-refractivity contribution in [1.29, 1.82) is 0 Å². The molecule has 1 fully saturated rings. The Morgan fingerprint density at radius 1 is 1.17 bits per heavy atom. The summed E-state index contributed by atoms with van der Waals surface area (Å²) in [4.78, 5) is 2.46. The Morgan fingerprint density at radius 3 is 2.67 bits per heavy atom. The molecule has 0 aliphatic carbocycles. The number of rotatable bonds is 5. The van der Waals surface area contributed by atoms with Crippen molar-refractivity contribution in [1.82, 2.24) is 10.2 Å². The smallest absolute Gasteiger partial charge is 0.127 e. The number of likely N-dealkylation sites (tertiary alicyclic amines) is 1. The molecule has 0 amide bonds. The van der Waals surface area contributed by atoms with Gasteiger partial charge in [0, 0.05) is 25.7 Å². The summed E-state index contributed by atoms with van der Waals surface area (Å²) in [5.41, 5.74) is 0.783. The third-order valence-corrected chi connectivity index (χ3v) is 3.32. The fourth-order valence-electron chi connectivity index (χ4n) is 2.39. The van der Waals surface area contributed by atoms with E-state index in [0.29, 0.717) is 6.54 Å². The molecule has 0 bridgehead atoms. The Labute approximate surface area is 108 Å². The number of piperidine rings is 1. The maximum absolute atomic E-state index is 13.0. The minimum atomic E-state index is -0.386. The summed E-state index contributed by atoms with van der Waals surface area (Å²) in [5.74, 6) is -0.398. The normalized spacial score (nSPS) is 16.9. The van der Waals surface area contributed by atoms with Crippen molar-refractivity contribution >= 4 is 0 Å².